The van der Waals surface area contributed by atoms with Gasteiger partial charge in [-0.3, -0.25) is 4.79 Å². The molecule has 0 saturated heterocycles. The average molecular weight is 197 g/mol. The summed E-state index contributed by atoms with van der Waals surface area (Å²) in [5.74, 6) is -0.0628. The minimum atomic E-state index is -0.0628. The smallest absolute Gasteiger partial charge is 0.243 e. The first kappa shape index (κ1) is 11.2. The minimum absolute atomic E-state index is 0.0444. The van der Waals surface area contributed by atoms with E-state index in [9.17, 15) is 9.90 Å². The normalized spacial score (nSPS) is 20.1. The predicted octanol–water partition coefficient (Wildman–Crippen LogP) is 1.23. The molecule has 14 heavy (non-hydrogen) atoms. The molecular formula is C11H19NO2. The van der Waals surface area contributed by atoms with Crippen LogP contribution in [0.3, 0.4) is 0 Å². The van der Waals surface area contributed by atoms with Gasteiger partial charge in [0.25, 0.3) is 0 Å². The topological polar surface area (TPSA) is 49.3 Å². The maximum atomic E-state index is 11.2. The monoisotopic (exact) mass is 197 g/mol. The van der Waals surface area contributed by atoms with E-state index >= 15 is 0 Å². The number of carbonyl (C=O) groups excluding carboxylic acids is 1. The van der Waals surface area contributed by atoms with Crippen molar-refractivity contribution in [3.8, 4) is 0 Å². The summed E-state index contributed by atoms with van der Waals surface area (Å²) >= 11 is 0. The van der Waals surface area contributed by atoms with Gasteiger partial charge in [0.15, 0.2) is 0 Å². The van der Waals surface area contributed by atoms with E-state index in [-0.39, 0.29) is 17.9 Å². The van der Waals surface area contributed by atoms with Gasteiger partial charge in [-0.2, -0.15) is 0 Å². The van der Waals surface area contributed by atoms with Crippen LogP contribution in [-0.4, -0.2) is 24.2 Å². The number of hydrogen-bond donors (Lipinski definition) is 2. The lowest BCUT2D eigenvalue weighted by Gasteiger charge is -2.26. The van der Waals surface area contributed by atoms with E-state index in [1.54, 1.807) is 6.08 Å². The van der Waals surface area contributed by atoms with Crippen LogP contribution in [0.25, 0.3) is 0 Å². The van der Waals surface area contributed by atoms with Crippen molar-refractivity contribution in [2.45, 2.75) is 32.6 Å². The van der Waals surface area contributed by atoms with Crippen molar-refractivity contribution >= 4 is 5.91 Å². The molecule has 1 aliphatic rings. The number of carbonyl (C=O) groups is 1. The fraction of sp³-hybridized carbons (Fsp3) is 0.727. The van der Waals surface area contributed by atoms with E-state index < -0.39 is 0 Å². The second-order valence-electron chi connectivity index (χ2n) is 4.08. The van der Waals surface area contributed by atoms with Crippen molar-refractivity contribution in [2.75, 3.05) is 13.2 Å². The molecular weight excluding hydrogens is 178 g/mol. The highest BCUT2D eigenvalue weighted by Crippen LogP contribution is 2.36. The van der Waals surface area contributed by atoms with E-state index in [1.165, 1.54) is 18.9 Å². The maximum absolute atomic E-state index is 11.2. The highest BCUT2D eigenvalue weighted by Gasteiger charge is 2.33. The quantitative estimate of drug-likeness (QED) is 0.666. The molecule has 0 spiro atoms. The van der Waals surface area contributed by atoms with Gasteiger partial charge in [-0.05, 0) is 25.8 Å². The lowest BCUT2D eigenvalue weighted by atomic mass is 9.87. The number of rotatable bonds is 4. The van der Waals surface area contributed by atoms with Gasteiger partial charge in [0.05, 0.1) is 6.61 Å². The molecule has 3 heteroatoms. The van der Waals surface area contributed by atoms with Crippen molar-refractivity contribution in [3.05, 3.63) is 12.2 Å². The molecule has 80 valence electrons. The molecule has 0 aromatic carbocycles. The Kier molecular flexibility index (Phi) is 4.14. The standard InChI is InChI=1S/C11H19NO2/c1-2-5-10(14)12-8-11(9-13)6-3-4-7-11/h2,5,13H,3-4,6-9H2,1H3,(H,12,14)/b5-2+. The molecule has 0 heterocycles. The van der Waals surface area contributed by atoms with Crippen LogP contribution in [0.15, 0.2) is 12.2 Å². The molecule has 1 aliphatic carbocycles. The van der Waals surface area contributed by atoms with Crippen molar-refractivity contribution in [1.82, 2.24) is 5.32 Å². The largest absolute Gasteiger partial charge is 0.396 e. The molecule has 1 saturated carbocycles. The summed E-state index contributed by atoms with van der Waals surface area (Å²) in [7, 11) is 0. The Hall–Kier alpha value is -0.830. The number of amides is 1. The fourth-order valence-electron chi connectivity index (χ4n) is 2.00. The maximum Gasteiger partial charge on any atom is 0.243 e. The second kappa shape index (κ2) is 5.15. The number of nitrogens with one attached hydrogen (secondary N) is 1. The first-order valence-electron chi connectivity index (χ1n) is 5.24. The molecule has 0 aliphatic heterocycles. The highest BCUT2D eigenvalue weighted by molar-refractivity contribution is 5.87. The molecule has 2 N–H and O–H groups in total. The minimum Gasteiger partial charge on any atom is -0.396 e. The van der Waals surface area contributed by atoms with Crippen LogP contribution in [0.5, 0.6) is 0 Å². The van der Waals surface area contributed by atoms with Gasteiger partial charge in [-0.25, -0.2) is 0 Å². The number of aliphatic hydroxyl groups is 1. The Morgan fingerprint density at radius 1 is 1.50 bits per heavy atom. The van der Waals surface area contributed by atoms with Crippen molar-refractivity contribution in [1.29, 1.82) is 0 Å². The number of allylic oxidation sites excluding steroid dienone is 1. The zero-order chi connectivity index (χ0) is 10.4. The Morgan fingerprint density at radius 2 is 2.14 bits per heavy atom. The van der Waals surface area contributed by atoms with E-state index in [2.05, 4.69) is 5.32 Å². The molecule has 1 amide bonds. The molecule has 0 aromatic heterocycles. The van der Waals surface area contributed by atoms with Gasteiger partial charge in [0.2, 0.25) is 5.91 Å². The third kappa shape index (κ3) is 2.84. The van der Waals surface area contributed by atoms with E-state index in [0.717, 1.165) is 12.8 Å². The van der Waals surface area contributed by atoms with Crippen molar-refractivity contribution < 1.29 is 9.90 Å². The average Bonchev–Trinajstić information content (AvgIpc) is 2.65. The Labute approximate surface area is 85.2 Å². The Morgan fingerprint density at radius 3 is 2.64 bits per heavy atom. The van der Waals surface area contributed by atoms with Gasteiger partial charge < -0.3 is 10.4 Å². The molecule has 1 rings (SSSR count). The van der Waals surface area contributed by atoms with Crippen LogP contribution in [0.1, 0.15) is 32.6 Å². The first-order chi connectivity index (χ1) is 6.72. The summed E-state index contributed by atoms with van der Waals surface area (Å²) in [4.78, 5) is 11.2. The SMILES string of the molecule is C/C=C/C(=O)NCC1(CO)CCCC1. The van der Waals surface area contributed by atoms with Gasteiger partial charge in [-0.15, -0.1) is 0 Å². The number of aliphatic hydroxyl groups excluding tert-OH is 1. The van der Waals surface area contributed by atoms with Gasteiger partial charge in [0, 0.05) is 12.0 Å². The van der Waals surface area contributed by atoms with Gasteiger partial charge >= 0.3 is 0 Å². The molecule has 1 fully saturated rings. The lowest BCUT2D eigenvalue weighted by molar-refractivity contribution is -0.117. The molecule has 3 nitrogen and oxygen atoms in total. The molecule has 0 unspecified atom stereocenters. The third-order valence-corrected chi connectivity index (χ3v) is 2.96. The molecule has 0 aromatic rings. The van der Waals surface area contributed by atoms with Crippen LogP contribution in [0.2, 0.25) is 0 Å². The van der Waals surface area contributed by atoms with E-state index in [0.29, 0.717) is 6.54 Å². The van der Waals surface area contributed by atoms with Crippen molar-refractivity contribution in [2.24, 2.45) is 5.41 Å². The van der Waals surface area contributed by atoms with Gasteiger partial charge in [-0.1, -0.05) is 18.9 Å². The second-order valence-corrected chi connectivity index (χ2v) is 4.08. The summed E-state index contributed by atoms with van der Waals surface area (Å²) in [6.45, 7) is 2.60. The van der Waals surface area contributed by atoms with E-state index in [1.807, 2.05) is 6.92 Å². The lowest BCUT2D eigenvalue weighted by Crippen LogP contribution is -2.37. The van der Waals surface area contributed by atoms with E-state index in [4.69, 9.17) is 0 Å². The van der Waals surface area contributed by atoms with Crippen LogP contribution < -0.4 is 5.32 Å². The zero-order valence-electron chi connectivity index (χ0n) is 8.75. The van der Waals surface area contributed by atoms with Crippen LogP contribution in [0, 0.1) is 5.41 Å². The molecule has 0 atom stereocenters. The third-order valence-electron chi connectivity index (χ3n) is 2.96. The highest BCUT2D eigenvalue weighted by atomic mass is 16.3. The van der Waals surface area contributed by atoms with Crippen LogP contribution in [0.4, 0.5) is 0 Å². The summed E-state index contributed by atoms with van der Waals surface area (Å²) in [6.07, 6.45) is 7.62. The first-order valence-corrected chi connectivity index (χ1v) is 5.24. The summed E-state index contributed by atoms with van der Waals surface area (Å²) in [5.41, 5.74) is -0.0444. The van der Waals surface area contributed by atoms with Crippen LogP contribution >= 0.6 is 0 Å². The zero-order valence-corrected chi connectivity index (χ0v) is 8.75. The number of hydrogen-bond acceptors (Lipinski definition) is 2. The summed E-state index contributed by atoms with van der Waals surface area (Å²) < 4.78 is 0. The predicted molar refractivity (Wildman–Crippen MR) is 55.8 cm³/mol. The summed E-state index contributed by atoms with van der Waals surface area (Å²) in [5, 5.41) is 12.1. The van der Waals surface area contributed by atoms with Crippen molar-refractivity contribution in [3.63, 3.8) is 0 Å². The molecule has 0 radical (unpaired) electrons. The Bertz CT molecular complexity index is 217. The summed E-state index contributed by atoms with van der Waals surface area (Å²) in [6, 6.07) is 0. The molecule has 0 bridgehead atoms. The van der Waals surface area contributed by atoms with Gasteiger partial charge in [0.1, 0.15) is 0 Å². The Balaban J connectivity index is 2.38. The van der Waals surface area contributed by atoms with Crippen LogP contribution in [-0.2, 0) is 4.79 Å². The fourth-order valence-corrected chi connectivity index (χ4v) is 2.00.